The van der Waals surface area contributed by atoms with Crippen LogP contribution < -0.4 is 4.31 Å². The number of carbonyl (C=O) groups is 2. The molecular weight excluding hydrogens is 452 g/mol. The molecular formula is C26H32N2O5S. The highest BCUT2D eigenvalue weighted by molar-refractivity contribution is 7.92. The minimum atomic E-state index is -3.77. The average Bonchev–Trinajstić information content (AvgIpc) is 3.05. The van der Waals surface area contributed by atoms with Gasteiger partial charge in [-0.3, -0.25) is 9.10 Å². The van der Waals surface area contributed by atoms with Gasteiger partial charge >= 0.3 is 5.97 Å². The maximum Gasteiger partial charge on any atom is 0.338 e. The molecule has 0 N–H and O–H groups in total. The molecule has 1 aliphatic heterocycles. The van der Waals surface area contributed by atoms with Gasteiger partial charge in [0.25, 0.3) is 15.9 Å². The van der Waals surface area contributed by atoms with Gasteiger partial charge in [0, 0.05) is 19.6 Å². The van der Waals surface area contributed by atoms with Gasteiger partial charge < -0.3 is 9.64 Å². The third-order valence-corrected chi connectivity index (χ3v) is 8.73. The van der Waals surface area contributed by atoms with Gasteiger partial charge in [-0.05, 0) is 66.5 Å². The smallest absolute Gasteiger partial charge is 0.338 e. The molecule has 2 unspecified atom stereocenters. The second-order valence-corrected chi connectivity index (χ2v) is 12.6. The number of hydrogen-bond acceptors (Lipinski definition) is 5. The van der Waals surface area contributed by atoms with Gasteiger partial charge in [0.2, 0.25) is 0 Å². The van der Waals surface area contributed by atoms with E-state index >= 15 is 0 Å². The number of esters is 1. The summed E-state index contributed by atoms with van der Waals surface area (Å²) in [7, 11) is -2.30. The summed E-state index contributed by atoms with van der Waals surface area (Å²) in [4.78, 5) is 27.3. The Kier molecular flexibility index (Phi) is 6.23. The van der Waals surface area contributed by atoms with E-state index in [4.69, 9.17) is 4.74 Å². The lowest BCUT2D eigenvalue weighted by atomic mass is 9.65. The van der Waals surface area contributed by atoms with Gasteiger partial charge in [0.05, 0.1) is 16.1 Å². The molecule has 0 aromatic heterocycles. The molecule has 2 aliphatic rings. The van der Waals surface area contributed by atoms with E-state index < -0.39 is 16.0 Å². The van der Waals surface area contributed by atoms with E-state index in [1.54, 1.807) is 24.3 Å². The SMILES string of the molecule is CN(c1ccccc1)S(=O)(=O)c1ccc(C(=O)OCC(=O)N2CC3(C)CC2CC(C)(C)C3)cc1. The van der Waals surface area contributed by atoms with E-state index in [-0.39, 0.29) is 39.8 Å². The number of ether oxygens (including phenoxy) is 1. The number of fused-ring (bicyclic) bond motifs is 2. The van der Waals surface area contributed by atoms with Crippen molar-refractivity contribution in [2.24, 2.45) is 10.8 Å². The van der Waals surface area contributed by atoms with Crippen LogP contribution in [-0.2, 0) is 19.6 Å². The molecule has 1 saturated heterocycles. The topological polar surface area (TPSA) is 84.0 Å². The number of amides is 1. The molecule has 2 atom stereocenters. The molecule has 1 aliphatic carbocycles. The summed E-state index contributed by atoms with van der Waals surface area (Å²) in [6.45, 7) is 7.09. The molecule has 1 amide bonds. The number of anilines is 1. The standard InChI is InChI=1S/C26H32N2O5S/c1-25(2)14-21-15-26(3,17-25)18-28(21)23(29)16-33-24(30)19-10-12-22(13-11-19)34(31,32)27(4)20-8-6-5-7-9-20/h5-13,21H,14-18H2,1-4H3. The van der Waals surface area contributed by atoms with E-state index in [1.807, 2.05) is 11.0 Å². The van der Waals surface area contributed by atoms with Gasteiger partial charge in [-0.1, -0.05) is 39.0 Å². The van der Waals surface area contributed by atoms with E-state index in [0.29, 0.717) is 12.2 Å². The Labute approximate surface area is 201 Å². The van der Waals surface area contributed by atoms with E-state index in [1.165, 1.54) is 35.6 Å². The Balaban J connectivity index is 1.38. The summed E-state index contributed by atoms with van der Waals surface area (Å²) < 4.78 is 32.3. The first-order valence-corrected chi connectivity index (χ1v) is 12.9. The van der Waals surface area contributed by atoms with Crippen molar-refractivity contribution >= 4 is 27.6 Å². The molecule has 0 radical (unpaired) electrons. The highest BCUT2D eigenvalue weighted by atomic mass is 32.2. The van der Waals surface area contributed by atoms with Crippen LogP contribution in [0.4, 0.5) is 5.69 Å². The van der Waals surface area contributed by atoms with Crippen LogP contribution >= 0.6 is 0 Å². The molecule has 34 heavy (non-hydrogen) atoms. The van der Waals surface area contributed by atoms with Crippen LogP contribution in [0, 0.1) is 10.8 Å². The summed E-state index contributed by atoms with van der Waals surface area (Å²) in [5, 5.41) is 0. The summed E-state index contributed by atoms with van der Waals surface area (Å²) in [6.07, 6.45) is 3.02. The average molecular weight is 485 g/mol. The Morgan fingerprint density at radius 1 is 1.03 bits per heavy atom. The maximum absolute atomic E-state index is 12.9. The van der Waals surface area contributed by atoms with Crippen molar-refractivity contribution in [3.8, 4) is 0 Å². The third kappa shape index (κ3) is 4.82. The van der Waals surface area contributed by atoms with Gasteiger partial charge in [-0.15, -0.1) is 0 Å². The summed E-state index contributed by atoms with van der Waals surface area (Å²) in [6, 6.07) is 14.5. The number of rotatable bonds is 6. The predicted octanol–water partition coefficient (Wildman–Crippen LogP) is 4.10. The number of sulfonamides is 1. The lowest BCUT2D eigenvalue weighted by Crippen LogP contribution is -2.39. The first-order valence-electron chi connectivity index (χ1n) is 11.5. The number of para-hydroxylation sites is 1. The third-order valence-electron chi connectivity index (χ3n) is 6.93. The lowest BCUT2D eigenvalue weighted by Gasteiger charge is -2.39. The number of likely N-dealkylation sites (tertiary alicyclic amines) is 1. The summed E-state index contributed by atoms with van der Waals surface area (Å²) >= 11 is 0. The van der Waals surface area contributed by atoms with Crippen molar-refractivity contribution in [1.29, 1.82) is 0 Å². The van der Waals surface area contributed by atoms with Crippen molar-refractivity contribution < 1.29 is 22.7 Å². The Morgan fingerprint density at radius 2 is 1.68 bits per heavy atom. The fourth-order valence-corrected chi connectivity index (χ4v) is 6.94. The monoisotopic (exact) mass is 484 g/mol. The van der Waals surface area contributed by atoms with Crippen LogP contribution in [0.15, 0.2) is 59.5 Å². The summed E-state index contributed by atoms with van der Waals surface area (Å²) in [5.74, 6) is -0.828. The van der Waals surface area contributed by atoms with Gasteiger partial charge in [-0.25, -0.2) is 13.2 Å². The molecule has 4 rings (SSSR count). The van der Waals surface area contributed by atoms with Crippen LogP contribution in [0.1, 0.15) is 50.4 Å². The molecule has 8 heteroatoms. The molecule has 2 aromatic carbocycles. The van der Waals surface area contributed by atoms with Gasteiger partial charge in [0.1, 0.15) is 0 Å². The van der Waals surface area contributed by atoms with Crippen LogP contribution in [-0.4, -0.2) is 51.4 Å². The van der Waals surface area contributed by atoms with Gasteiger partial charge in [-0.2, -0.15) is 0 Å². The Morgan fingerprint density at radius 3 is 2.32 bits per heavy atom. The van der Waals surface area contributed by atoms with E-state index in [0.717, 1.165) is 19.3 Å². The molecule has 7 nitrogen and oxygen atoms in total. The minimum Gasteiger partial charge on any atom is -0.452 e. The first-order chi connectivity index (χ1) is 15.9. The second-order valence-electron chi connectivity index (χ2n) is 10.6. The van der Waals surface area contributed by atoms with E-state index in [9.17, 15) is 18.0 Å². The van der Waals surface area contributed by atoms with Crippen molar-refractivity contribution in [3.05, 3.63) is 60.2 Å². The fourth-order valence-electron chi connectivity index (χ4n) is 5.74. The molecule has 1 saturated carbocycles. The normalized spacial score (nSPS) is 23.4. The van der Waals surface area contributed by atoms with Crippen LogP contribution in [0.5, 0.6) is 0 Å². The number of nitrogens with zero attached hydrogens (tertiary/aromatic N) is 2. The highest BCUT2D eigenvalue weighted by Crippen LogP contribution is 2.52. The second kappa shape index (κ2) is 8.73. The molecule has 2 aromatic rings. The molecule has 0 spiro atoms. The largest absolute Gasteiger partial charge is 0.452 e. The molecule has 2 bridgehead atoms. The van der Waals surface area contributed by atoms with Crippen LogP contribution in [0.3, 0.4) is 0 Å². The predicted molar refractivity (Wildman–Crippen MR) is 130 cm³/mol. The zero-order valence-electron chi connectivity index (χ0n) is 20.2. The Hall–Kier alpha value is -2.87. The summed E-state index contributed by atoms with van der Waals surface area (Å²) in [5.41, 5.74) is 1.04. The van der Waals surface area contributed by atoms with E-state index in [2.05, 4.69) is 20.8 Å². The maximum atomic E-state index is 12.9. The lowest BCUT2D eigenvalue weighted by molar-refractivity contribution is -0.135. The van der Waals surface area contributed by atoms with Crippen LogP contribution in [0.25, 0.3) is 0 Å². The molecule has 1 heterocycles. The van der Waals surface area contributed by atoms with Crippen molar-refractivity contribution in [2.75, 3.05) is 24.5 Å². The Bertz CT molecular complexity index is 1180. The number of benzene rings is 2. The number of hydrogen-bond donors (Lipinski definition) is 0. The number of carbonyl (C=O) groups excluding carboxylic acids is 2. The molecule has 182 valence electrons. The zero-order valence-corrected chi connectivity index (χ0v) is 21.0. The van der Waals surface area contributed by atoms with Gasteiger partial charge in [0.15, 0.2) is 6.61 Å². The fraction of sp³-hybridized carbons (Fsp3) is 0.462. The van der Waals surface area contributed by atoms with Crippen molar-refractivity contribution in [2.45, 2.75) is 51.0 Å². The quantitative estimate of drug-likeness (QED) is 0.577. The molecule has 2 fully saturated rings. The van der Waals surface area contributed by atoms with Crippen LogP contribution in [0.2, 0.25) is 0 Å². The minimum absolute atomic E-state index is 0.0617. The first kappa shape index (κ1) is 24.3. The van der Waals surface area contributed by atoms with Crippen molar-refractivity contribution in [3.63, 3.8) is 0 Å². The highest BCUT2D eigenvalue weighted by Gasteiger charge is 2.50. The van der Waals surface area contributed by atoms with Crippen molar-refractivity contribution in [1.82, 2.24) is 4.90 Å². The zero-order chi connectivity index (χ0) is 24.7.